The van der Waals surface area contributed by atoms with Gasteiger partial charge in [0.05, 0.1) is 6.54 Å². The summed E-state index contributed by atoms with van der Waals surface area (Å²) in [6.45, 7) is 1.72. The fraction of sp³-hybridized carbons (Fsp3) is 0.429. The van der Waals surface area contributed by atoms with Crippen LogP contribution in [0.1, 0.15) is 18.4 Å². The lowest BCUT2D eigenvalue weighted by Gasteiger charge is -2.31. The van der Waals surface area contributed by atoms with Crippen LogP contribution in [-0.2, 0) is 11.3 Å². The molecular formula is C14H16BrN3O2. The van der Waals surface area contributed by atoms with Gasteiger partial charge >= 0.3 is 6.03 Å². The van der Waals surface area contributed by atoms with Crippen LogP contribution in [0.5, 0.6) is 0 Å². The predicted octanol–water partition coefficient (Wildman–Crippen LogP) is 1.62. The van der Waals surface area contributed by atoms with Crippen molar-refractivity contribution in [3.63, 3.8) is 0 Å². The van der Waals surface area contributed by atoms with Gasteiger partial charge in [0.25, 0.3) is 5.91 Å². The number of hydrogen-bond acceptors (Lipinski definition) is 3. The van der Waals surface area contributed by atoms with Crippen LogP contribution in [0.4, 0.5) is 4.79 Å². The van der Waals surface area contributed by atoms with Gasteiger partial charge in [-0.05, 0) is 31.0 Å². The maximum absolute atomic E-state index is 12.6. The minimum atomic E-state index is -0.739. The molecule has 1 unspecified atom stereocenters. The summed E-state index contributed by atoms with van der Waals surface area (Å²) in [5.74, 6) is -0.120. The Kier molecular flexibility index (Phi) is 3.52. The van der Waals surface area contributed by atoms with Gasteiger partial charge in [-0.25, -0.2) is 4.79 Å². The van der Waals surface area contributed by atoms with E-state index in [1.54, 1.807) is 0 Å². The number of hydrogen-bond donors (Lipinski definition) is 2. The Morgan fingerprint density at radius 3 is 2.80 bits per heavy atom. The molecule has 0 aromatic heterocycles. The Balaban J connectivity index is 1.82. The fourth-order valence-electron chi connectivity index (χ4n) is 2.81. The highest BCUT2D eigenvalue weighted by Gasteiger charge is 2.51. The van der Waals surface area contributed by atoms with E-state index >= 15 is 0 Å². The van der Waals surface area contributed by atoms with E-state index < -0.39 is 5.54 Å². The highest BCUT2D eigenvalue weighted by atomic mass is 79.9. The average molecular weight is 338 g/mol. The van der Waals surface area contributed by atoms with E-state index in [2.05, 4.69) is 26.6 Å². The van der Waals surface area contributed by atoms with E-state index in [1.165, 1.54) is 4.90 Å². The molecule has 0 bridgehead atoms. The van der Waals surface area contributed by atoms with E-state index in [0.717, 1.165) is 23.0 Å². The van der Waals surface area contributed by atoms with Crippen molar-refractivity contribution in [3.8, 4) is 0 Å². The highest BCUT2D eigenvalue weighted by Crippen LogP contribution is 2.27. The van der Waals surface area contributed by atoms with Crippen LogP contribution in [0.3, 0.4) is 0 Å². The number of nitrogens with one attached hydrogen (secondary N) is 2. The molecule has 2 fully saturated rings. The molecule has 0 radical (unpaired) electrons. The van der Waals surface area contributed by atoms with E-state index in [0.29, 0.717) is 19.5 Å². The van der Waals surface area contributed by atoms with Gasteiger partial charge in [-0.1, -0.05) is 34.1 Å². The number of rotatable bonds is 2. The molecule has 6 heteroatoms. The van der Waals surface area contributed by atoms with Crippen molar-refractivity contribution in [1.29, 1.82) is 0 Å². The minimum Gasteiger partial charge on any atom is -0.322 e. The zero-order valence-electron chi connectivity index (χ0n) is 11.0. The standard InChI is InChI=1S/C14H16BrN3O2/c15-11-5-2-1-4-10(11)8-18-12(19)14(17-13(18)20)6-3-7-16-9-14/h1-2,4-5,16H,3,6-9H2,(H,17,20). The van der Waals surface area contributed by atoms with Gasteiger partial charge in [0.15, 0.2) is 0 Å². The number of carbonyl (C=O) groups excluding carboxylic acids is 2. The molecule has 2 N–H and O–H groups in total. The fourth-order valence-corrected chi connectivity index (χ4v) is 3.22. The first-order chi connectivity index (χ1) is 9.62. The zero-order valence-corrected chi connectivity index (χ0v) is 12.6. The zero-order chi connectivity index (χ0) is 14.2. The molecule has 2 aliphatic heterocycles. The molecule has 106 valence electrons. The van der Waals surface area contributed by atoms with Crippen LogP contribution in [0, 0.1) is 0 Å². The lowest BCUT2D eigenvalue weighted by molar-refractivity contribution is -0.132. The summed E-state index contributed by atoms with van der Waals surface area (Å²) >= 11 is 3.45. The van der Waals surface area contributed by atoms with Crippen LogP contribution in [0.15, 0.2) is 28.7 Å². The molecule has 0 aliphatic carbocycles. The van der Waals surface area contributed by atoms with E-state index in [-0.39, 0.29) is 11.9 Å². The lowest BCUT2D eigenvalue weighted by atomic mass is 9.90. The molecule has 1 aromatic carbocycles. The third kappa shape index (κ3) is 2.23. The second kappa shape index (κ2) is 5.18. The maximum Gasteiger partial charge on any atom is 0.325 e. The average Bonchev–Trinajstić information content (AvgIpc) is 2.66. The van der Waals surface area contributed by atoms with Crippen LogP contribution in [0.2, 0.25) is 0 Å². The van der Waals surface area contributed by atoms with E-state index in [1.807, 2.05) is 24.3 Å². The molecule has 2 aliphatic rings. The molecule has 1 aromatic rings. The highest BCUT2D eigenvalue weighted by molar-refractivity contribution is 9.10. The molecule has 2 saturated heterocycles. The van der Waals surface area contributed by atoms with Crippen molar-refractivity contribution >= 4 is 27.9 Å². The van der Waals surface area contributed by atoms with Crippen molar-refractivity contribution < 1.29 is 9.59 Å². The first-order valence-corrected chi connectivity index (χ1v) is 7.50. The van der Waals surface area contributed by atoms with Crippen molar-refractivity contribution in [2.45, 2.75) is 24.9 Å². The monoisotopic (exact) mass is 337 g/mol. The molecule has 5 nitrogen and oxygen atoms in total. The quantitative estimate of drug-likeness (QED) is 0.806. The summed E-state index contributed by atoms with van der Waals surface area (Å²) in [6, 6.07) is 7.33. The molecule has 3 amide bonds. The Morgan fingerprint density at radius 1 is 1.30 bits per heavy atom. The second-order valence-electron chi connectivity index (χ2n) is 5.28. The van der Waals surface area contributed by atoms with Crippen LogP contribution >= 0.6 is 15.9 Å². The van der Waals surface area contributed by atoms with E-state index in [4.69, 9.17) is 0 Å². The third-order valence-corrected chi connectivity index (χ3v) is 4.69. The normalized spacial score (nSPS) is 26.1. The van der Waals surface area contributed by atoms with Gasteiger partial charge in [0, 0.05) is 11.0 Å². The van der Waals surface area contributed by atoms with Crippen molar-refractivity contribution in [1.82, 2.24) is 15.5 Å². The molecular weight excluding hydrogens is 322 g/mol. The molecule has 1 spiro atoms. The molecule has 1 atom stereocenters. The summed E-state index contributed by atoms with van der Waals surface area (Å²) in [4.78, 5) is 26.0. The molecule has 2 heterocycles. The second-order valence-corrected chi connectivity index (χ2v) is 6.13. The predicted molar refractivity (Wildman–Crippen MR) is 78.1 cm³/mol. The van der Waals surface area contributed by atoms with Crippen molar-refractivity contribution in [3.05, 3.63) is 34.3 Å². The van der Waals surface area contributed by atoms with Crippen molar-refractivity contribution in [2.24, 2.45) is 0 Å². The number of benzene rings is 1. The van der Waals surface area contributed by atoms with Crippen LogP contribution in [-0.4, -0.2) is 35.5 Å². The number of urea groups is 1. The van der Waals surface area contributed by atoms with Gasteiger partial charge in [-0.15, -0.1) is 0 Å². The smallest absolute Gasteiger partial charge is 0.322 e. The number of amides is 3. The number of nitrogens with zero attached hydrogens (tertiary/aromatic N) is 1. The first kappa shape index (κ1) is 13.6. The summed E-state index contributed by atoms with van der Waals surface area (Å²) in [5, 5.41) is 6.06. The Labute approximate surface area is 125 Å². The summed E-state index contributed by atoms with van der Waals surface area (Å²) in [6.07, 6.45) is 1.60. The molecule has 3 rings (SSSR count). The number of carbonyl (C=O) groups is 2. The summed E-state index contributed by atoms with van der Waals surface area (Å²) in [7, 11) is 0. The Hall–Kier alpha value is -1.40. The minimum absolute atomic E-state index is 0.120. The largest absolute Gasteiger partial charge is 0.325 e. The number of halogens is 1. The van der Waals surface area contributed by atoms with E-state index in [9.17, 15) is 9.59 Å². The van der Waals surface area contributed by atoms with Gasteiger partial charge < -0.3 is 10.6 Å². The van der Waals surface area contributed by atoms with Crippen LogP contribution < -0.4 is 10.6 Å². The number of imide groups is 1. The number of piperidine rings is 1. The lowest BCUT2D eigenvalue weighted by Crippen LogP contribution is -2.57. The van der Waals surface area contributed by atoms with Gasteiger partial charge in [0.1, 0.15) is 5.54 Å². The SMILES string of the molecule is O=C1NC2(CCCNC2)C(=O)N1Cc1ccccc1Br. The molecule has 0 saturated carbocycles. The van der Waals surface area contributed by atoms with Crippen LogP contribution in [0.25, 0.3) is 0 Å². The topological polar surface area (TPSA) is 61.4 Å². The van der Waals surface area contributed by atoms with Gasteiger partial charge in [-0.2, -0.15) is 0 Å². The van der Waals surface area contributed by atoms with Crippen molar-refractivity contribution in [2.75, 3.05) is 13.1 Å². The van der Waals surface area contributed by atoms with Gasteiger partial charge in [-0.3, -0.25) is 9.69 Å². The van der Waals surface area contributed by atoms with Gasteiger partial charge in [0.2, 0.25) is 0 Å². The Morgan fingerprint density at radius 2 is 2.10 bits per heavy atom. The molecule has 20 heavy (non-hydrogen) atoms. The third-order valence-electron chi connectivity index (χ3n) is 3.92. The first-order valence-electron chi connectivity index (χ1n) is 6.71. The maximum atomic E-state index is 12.6. The Bertz CT molecular complexity index is 555. The summed E-state index contributed by atoms with van der Waals surface area (Å²) < 4.78 is 0.906. The summed E-state index contributed by atoms with van der Waals surface area (Å²) in [5.41, 5.74) is 0.188.